The van der Waals surface area contributed by atoms with Gasteiger partial charge in [0.05, 0.1) is 10.9 Å². The average Bonchev–Trinajstić information content (AvgIpc) is 3.26. The molecule has 5 nitrogen and oxygen atoms in total. The van der Waals surface area contributed by atoms with E-state index in [-0.39, 0.29) is 17.7 Å². The molecule has 0 amide bonds. The molecule has 136 valence electrons. The largest absolute Gasteiger partial charge is 0.492 e. The lowest BCUT2D eigenvalue weighted by Crippen LogP contribution is -2.34. The smallest absolute Gasteiger partial charge is 0.230 e. The number of aromatic hydroxyl groups is 1. The highest BCUT2D eigenvalue weighted by molar-refractivity contribution is 7.17. The van der Waals surface area contributed by atoms with Crippen molar-refractivity contribution < 1.29 is 9.50 Å². The molecule has 0 spiro atoms. The van der Waals surface area contributed by atoms with Crippen LogP contribution in [0.4, 0.5) is 4.39 Å². The highest BCUT2D eigenvalue weighted by Crippen LogP contribution is 2.41. The maximum absolute atomic E-state index is 14.0. The van der Waals surface area contributed by atoms with Crippen molar-refractivity contribution in [2.24, 2.45) is 0 Å². The number of fused-ring (bicyclic) bond motifs is 2. The lowest BCUT2D eigenvalue weighted by molar-refractivity contribution is 0.205. The molecule has 0 aliphatic carbocycles. The molecule has 0 fully saturated rings. The molecule has 0 saturated heterocycles. The zero-order valence-electron chi connectivity index (χ0n) is 14.4. The van der Waals surface area contributed by atoms with Gasteiger partial charge in [-0.25, -0.2) is 9.37 Å². The number of aromatic nitrogens is 3. The van der Waals surface area contributed by atoms with Gasteiger partial charge in [-0.05, 0) is 35.2 Å². The van der Waals surface area contributed by atoms with Crippen molar-refractivity contribution in [3.05, 3.63) is 82.2 Å². The second-order valence-corrected chi connectivity index (χ2v) is 7.70. The van der Waals surface area contributed by atoms with Crippen LogP contribution >= 0.6 is 11.3 Å². The Labute approximate surface area is 159 Å². The molecule has 0 bridgehead atoms. The van der Waals surface area contributed by atoms with Gasteiger partial charge in [0, 0.05) is 13.1 Å². The number of rotatable bonds is 3. The minimum Gasteiger partial charge on any atom is -0.492 e. The minimum absolute atomic E-state index is 0.0700. The van der Waals surface area contributed by atoms with Crippen LogP contribution in [-0.2, 0) is 13.0 Å². The number of thiazole rings is 1. The van der Waals surface area contributed by atoms with Crippen molar-refractivity contribution in [1.82, 2.24) is 19.5 Å². The minimum atomic E-state index is -0.283. The Morgan fingerprint density at radius 3 is 2.78 bits per heavy atom. The highest BCUT2D eigenvalue weighted by Gasteiger charge is 2.31. The first-order valence-corrected chi connectivity index (χ1v) is 9.60. The van der Waals surface area contributed by atoms with Gasteiger partial charge in [0.25, 0.3) is 0 Å². The summed E-state index contributed by atoms with van der Waals surface area (Å²) < 4.78 is 15.4. The Bertz CT molecular complexity index is 1120. The van der Waals surface area contributed by atoms with Gasteiger partial charge in [-0.15, -0.1) is 0 Å². The first-order chi connectivity index (χ1) is 13.2. The van der Waals surface area contributed by atoms with Gasteiger partial charge < -0.3 is 5.11 Å². The summed E-state index contributed by atoms with van der Waals surface area (Å²) in [5.74, 6) is -0.213. The summed E-state index contributed by atoms with van der Waals surface area (Å²) in [7, 11) is 0. The van der Waals surface area contributed by atoms with E-state index < -0.39 is 0 Å². The molecule has 4 aromatic rings. The van der Waals surface area contributed by atoms with Crippen LogP contribution in [0, 0.1) is 5.82 Å². The van der Waals surface area contributed by atoms with Crippen LogP contribution in [0.15, 0.2) is 54.9 Å². The summed E-state index contributed by atoms with van der Waals surface area (Å²) in [6, 6.07) is 14.7. The van der Waals surface area contributed by atoms with E-state index in [1.54, 1.807) is 12.1 Å². The molecular weight excluding hydrogens is 363 g/mol. The summed E-state index contributed by atoms with van der Waals surface area (Å²) in [5, 5.41) is 14.8. The highest BCUT2D eigenvalue weighted by atomic mass is 32.1. The SMILES string of the molecule is Oc1c([C@H](c2cccc(F)c2)N2CCc3ccccc3C2)sc2ncnn12. The Morgan fingerprint density at radius 1 is 1.11 bits per heavy atom. The Morgan fingerprint density at radius 2 is 1.96 bits per heavy atom. The maximum atomic E-state index is 14.0. The fourth-order valence-corrected chi connectivity index (χ4v) is 4.91. The molecule has 0 saturated carbocycles. The van der Waals surface area contributed by atoms with Crippen molar-refractivity contribution in [1.29, 1.82) is 0 Å². The van der Waals surface area contributed by atoms with Crippen LogP contribution in [0.2, 0.25) is 0 Å². The van der Waals surface area contributed by atoms with Crippen LogP contribution in [0.5, 0.6) is 5.88 Å². The predicted molar refractivity (Wildman–Crippen MR) is 101 cm³/mol. The third kappa shape index (κ3) is 2.79. The summed E-state index contributed by atoms with van der Waals surface area (Å²) in [6.07, 6.45) is 2.34. The van der Waals surface area contributed by atoms with Crippen molar-refractivity contribution >= 4 is 16.3 Å². The maximum Gasteiger partial charge on any atom is 0.230 e. The zero-order chi connectivity index (χ0) is 18.4. The van der Waals surface area contributed by atoms with Gasteiger partial charge in [0.15, 0.2) is 0 Å². The summed E-state index contributed by atoms with van der Waals surface area (Å²) in [4.78, 5) is 7.83. The van der Waals surface area contributed by atoms with Crippen molar-refractivity contribution in [3.8, 4) is 5.88 Å². The van der Waals surface area contributed by atoms with E-state index in [0.29, 0.717) is 4.96 Å². The van der Waals surface area contributed by atoms with Gasteiger partial charge in [-0.3, -0.25) is 4.90 Å². The van der Waals surface area contributed by atoms with Gasteiger partial charge in [-0.1, -0.05) is 47.7 Å². The molecule has 3 heterocycles. The molecule has 0 unspecified atom stereocenters. The van der Waals surface area contributed by atoms with Crippen LogP contribution in [0.1, 0.15) is 27.6 Å². The van der Waals surface area contributed by atoms with E-state index in [1.165, 1.54) is 39.4 Å². The van der Waals surface area contributed by atoms with Crippen LogP contribution < -0.4 is 0 Å². The van der Waals surface area contributed by atoms with Crippen molar-refractivity contribution in [2.45, 2.75) is 19.0 Å². The summed E-state index contributed by atoms with van der Waals surface area (Å²) >= 11 is 1.39. The van der Waals surface area contributed by atoms with Gasteiger partial charge in [-0.2, -0.15) is 9.61 Å². The molecule has 1 atom stereocenters. The molecule has 0 radical (unpaired) electrons. The average molecular weight is 380 g/mol. The monoisotopic (exact) mass is 380 g/mol. The van der Waals surface area contributed by atoms with E-state index in [1.807, 2.05) is 12.1 Å². The standard InChI is InChI=1S/C20H17FN4OS/c21-16-7-3-6-14(10-16)17(18-19(26)25-20(27-18)22-12-23-25)24-9-8-13-4-1-2-5-15(13)11-24/h1-7,10,12,17,26H,8-9,11H2/t17-/m0/s1. The van der Waals surface area contributed by atoms with E-state index in [2.05, 4.69) is 33.2 Å². The quantitative estimate of drug-likeness (QED) is 0.588. The molecule has 7 heteroatoms. The summed E-state index contributed by atoms with van der Waals surface area (Å²) in [5.41, 5.74) is 3.43. The second-order valence-electron chi connectivity index (χ2n) is 6.69. The predicted octanol–water partition coefficient (Wildman–Crippen LogP) is 3.78. The van der Waals surface area contributed by atoms with Crippen LogP contribution in [-0.4, -0.2) is 31.1 Å². The summed E-state index contributed by atoms with van der Waals surface area (Å²) in [6.45, 7) is 1.57. The normalized spacial score (nSPS) is 15.7. The molecule has 2 aromatic carbocycles. The molecular formula is C20H17FN4OS. The number of hydrogen-bond donors (Lipinski definition) is 1. The Balaban J connectivity index is 1.63. The third-order valence-electron chi connectivity index (χ3n) is 5.08. The number of benzene rings is 2. The molecule has 1 aliphatic heterocycles. The van der Waals surface area contributed by atoms with Gasteiger partial charge in [0.1, 0.15) is 12.1 Å². The zero-order valence-corrected chi connectivity index (χ0v) is 15.2. The fourth-order valence-electron chi connectivity index (χ4n) is 3.81. The van der Waals surface area contributed by atoms with Crippen molar-refractivity contribution in [3.63, 3.8) is 0 Å². The molecule has 1 aliphatic rings. The molecule has 5 rings (SSSR count). The van der Waals surface area contributed by atoms with E-state index in [9.17, 15) is 9.50 Å². The van der Waals surface area contributed by atoms with Crippen molar-refractivity contribution in [2.75, 3.05) is 6.54 Å². The molecule has 2 aromatic heterocycles. The van der Waals surface area contributed by atoms with Crippen LogP contribution in [0.25, 0.3) is 4.96 Å². The van der Waals surface area contributed by atoms with Gasteiger partial charge >= 0.3 is 0 Å². The first kappa shape index (κ1) is 16.4. The van der Waals surface area contributed by atoms with E-state index >= 15 is 0 Å². The first-order valence-electron chi connectivity index (χ1n) is 8.78. The lowest BCUT2D eigenvalue weighted by atomic mass is 9.95. The molecule has 1 N–H and O–H groups in total. The van der Waals surface area contributed by atoms with Gasteiger partial charge in [0.2, 0.25) is 10.8 Å². The number of halogens is 1. The number of nitrogens with zero attached hydrogens (tertiary/aromatic N) is 4. The number of hydrogen-bond acceptors (Lipinski definition) is 5. The second kappa shape index (κ2) is 6.44. The third-order valence-corrected chi connectivity index (χ3v) is 6.16. The van der Waals surface area contributed by atoms with E-state index in [4.69, 9.17) is 0 Å². The topological polar surface area (TPSA) is 53.7 Å². The van der Waals surface area contributed by atoms with E-state index in [0.717, 1.165) is 30.0 Å². The lowest BCUT2D eigenvalue weighted by Gasteiger charge is -2.35. The Kier molecular flexibility index (Phi) is 3.91. The fraction of sp³-hybridized carbons (Fsp3) is 0.200. The Hall–Kier alpha value is -2.77. The molecule has 27 heavy (non-hydrogen) atoms. The van der Waals surface area contributed by atoms with Crippen LogP contribution in [0.3, 0.4) is 0 Å².